The zero-order valence-corrected chi connectivity index (χ0v) is 18.9. The number of carbonyl (C=O) groups excluding carboxylic acids is 2. The monoisotopic (exact) mass is 448 g/mol. The van der Waals surface area contributed by atoms with Gasteiger partial charge in [0.2, 0.25) is 5.91 Å². The zero-order valence-electron chi connectivity index (χ0n) is 18.9. The summed E-state index contributed by atoms with van der Waals surface area (Å²) in [6, 6.07) is 18.2. The maximum absolute atomic E-state index is 13.3. The van der Waals surface area contributed by atoms with E-state index in [0.29, 0.717) is 26.1 Å². The van der Waals surface area contributed by atoms with Crippen molar-refractivity contribution in [1.82, 2.24) is 30.0 Å². The lowest BCUT2D eigenvalue weighted by atomic mass is 9.89. The minimum atomic E-state index is -1.14. The van der Waals surface area contributed by atoms with Gasteiger partial charge in [-0.1, -0.05) is 54.6 Å². The van der Waals surface area contributed by atoms with Crippen molar-refractivity contribution in [1.29, 1.82) is 0 Å². The van der Waals surface area contributed by atoms with E-state index < -0.39 is 5.60 Å². The van der Waals surface area contributed by atoms with Crippen molar-refractivity contribution in [2.24, 2.45) is 0 Å². The molecule has 1 aliphatic heterocycles. The Balaban J connectivity index is 1.55. The minimum absolute atomic E-state index is 0.0530. The highest BCUT2D eigenvalue weighted by Gasteiger charge is 2.45. The SMILES string of the molecule is CN(C)C(=O)[C@@]1(Cc2cccc(-c3ccccc3)c2)CN(C(=O)CCn2cnnn2)CCO1. The van der Waals surface area contributed by atoms with Gasteiger partial charge in [-0.05, 0) is 27.1 Å². The molecule has 33 heavy (non-hydrogen) atoms. The Kier molecular flexibility index (Phi) is 6.79. The standard InChI is InChI=1S/C24H28N6O3/c1-28(2)23(32)24(16-19-7-6-10-21(15-19)20-8-4-3-5-9-20)17-29(13-14-33-24)22(31)11-12-30-18-25-26-27-30/h3-10,15,18H,11-14,16-17H2,1-2H3/t24-/m1/s1. The Morgan fingerprint density at radius 1 is 1.09 bits per heavy atom. The topological polar surface area (TPSA) is 93.5 Å². The smallest absolute Gasteiger partial charge is 0.256 e. The van der Waals surface area contributed by atoms with Crippen LogP contribution in [0.2, 0.25) is 0 Å². The third kappa shape index (κ3) is 5.25. The Labute approximate surface area is 192 Å². The van der Waals surface area contributed by atoms with Crippen LogP contribution in [0.1, 0.15) is 12.0 Å². The molecule has 0 radical (unpaired) electrons. The second kappa shape index (κ2) is 9.91. The largest absolute Gasteiger partial charge is 0.361 e. The van der Waals surface area contributed by atoms with E-state index in [4.69, 9.17) is 4.74 Å². The fraction of sp³-hybridized carbons (Fsp3) is 0.375. The summed E-state index contributed by atoms with van der Waals surface area (Å²) < 4.78 is 7.67. The first-order chi connectivity index (χ1) is 16.0. The summed E-state index contributed by atoms with van der Waals surface area (Å²) in [5.41, 5.74) is 2.03. The maximum atomic E-state index is 13.3. The molecule has 2 heterocycles. The minimum Gasteiger partial charge on any atom is -0.361 e. The predicted octanol–water partition coefficient (Wildman–Crippen LogP) is 1.66. The van der Waals surface area contributed by atoms with E-state index in [1.165, 1.54) is 15.9 Å². The molecule has 0 saturated carbocycles. The maximum Gasteiger partial charge on any atom is 0.256 e. The number of tetrazole rings is 1. The van der Waals surface area contributed by atoms with Gasteiger partial charge >= 0.3 is 0 Å². The average Bonchev–Trinajstić information content (AvgIpc) is 3.36. The molecule has 0 unspecified atom stereocenters. The molecule has 2 amide bonds. The van der Waals surface area contributed by atoms with Gasteiger partial charge in [-0.3, -0.25) is 9.59 Å². The van der Waals surface area contributed by atoms with Crippen LogP contribution in [-0.4, -0.2) is 81.2 Å². The molecule has 9 heteroatoms. The molecule has 1 aromatic heterocycles. The van der Waals surface area contributed by atoms with E-state index >= 15 is 0 Å². The van der Waals surface area contributed by atoms with E-state index in [1.807, 2.05) is 30.3 Å². The van der Waals surface area contributed by atoms with Gasteiger partial charge in [0.05, 0.1) is 19.7 Å². The second-order valence-electron chi connectivity index (χ2n) is 8.42. The Bertz CT molecular complexity index is 1090. The van der Waals surface area contributed by atoms with Gasteiger partial charge in [-0.15, -0.1) is 5.10 Å². The van der Waals surface area contributed by atoms with Gasteiger partial charge in [-0.2, -0.15) is 0 Å². The van der Waals surface area contributed by atoms with Gasteiger partial charge in [0.15, 0.2) is 5.60 Å². The number of aromatic nitrogens is 4. The van der Waals surface area contributed by atoms with Crippen LogP contribution < -0.4 is 0 Å². The number of morpholine rings is 1. The first-order valence-corrected chi connectivity index (χ1v) is 11.0. The molecule has 172 valence electrons. The molecule has 4 rings (SSSR count). The van der Waals surface area contributed by atoms with Crippen molar-refractivity contribution < 1.29 is 14.3 Å². The van der Waals surface area contributed by atoms with Crippen molar-refractivity contribution in [3.8, 4) is 11.1 Å². The highest BCUT2D eigenvalue weighted by atomic mass is 16.5. The number of carbonyl (C=O) groups is 2. The number of likely N-dealkylation sites (N-methyl/N-ethyl adjacent to an activating group) is 1. The molecule has 2 aromatic carbocycles. The van der Waals surface area contributed by atoms with Gasteiger partial charge in [0.25, 0.3) is 5.91 Å². The first-order valence-electron chi connectivity index (χ1n) is 11.0. The molecule has 0 aliphatic carbocycles. The molecular weight excluding hydrogens is 420 g/mol. The van der Waals surface area contributed by atoms with Crippen molar-refractivity contribution in [3.05, 3.63) is 66.5 Å². The molecule has 0 spiro atoms. The van der Waals surface area contributed by atoms with Crippen LogP contribution in [0.4, 0.5) is 0 Å². The Morgan fingerprint density at radius 2 is 1.88 bits per heavy atom. The third-order valence-electron chi connectivity index (χ3n) is 5.80. The lowest BCUT2D eigenvalue weighted by Gasteiger charge is -2.43. The normalized spacial score (nSPS) is 18.2. The van der Waals surface area contributed by atoms with Crippen LogP contribution in [0.5, 0.6) is 0 Å². The first kappa shape index (κ1) is 22.6. The van der Waals surface area contributed by atoms with Crippen LogP contribution in [0.3, 0.4) is 0 Å². The average molecular weight is 449 g/mol. The third-order valence-corrected chi connectivity index (χ3v) is 5.80. The summed E-state index contributed by atoms with van der Waals surface area (Å²) in [6.07, 6.45) is 2.11. The van der Waals surface area contributed by atoms with Crippen LogP contribution in [0.15, 0.2) is 60.9 Å². The Hall–Kier alpha value is -3.59. The molecule has 1 atom stereocenters. The molecule has 3 aromatic rings. The Morgan fingerprint density at radius 3 is 2.61 bits per heavy atom. The summed E-state index contributed by atoms with van der Waals surface area (Å²) in [4.78, 5) is 29.5. The number of benzene rings is 2. The van der Waals surface area contributed by atoms with Crippen LogP contribution in [0.25, 0.3) is 11.1 Å². The lowest BCUT2D eigenvalue weighted by Crippen LogP contribution is -2.61. The van der Waals surface area contributed by atoms with Crippen LogP contribution in [-0.2, 0) is 27.3 Å². The van der Waals surface area contributed by atoms with Crippen molar-refractivity contribution in [3.63, 3.8) is 0 Å². The summed E-state index contributed by atoms with van der Waals surface area (Å²) in [6.45, 7) is 1.33. The molecule has 1 saturated heterocycles. The summed E-state index contributed by atoms with van der Waals surface area (Å²) in [5, 5.41) is 11.0. The van der Waals surface area contributed by atoms with Crippen molar-refractivity contribution in [2.75, 3.05) is 33.8 Å². The highest BCUT2D eigenvalue weighted by Crippen LogP contribution is 2.28. The molecule has 0 N–H and O–H groups in total. The number of rotatable bonds is 7. The number of nitrogens with zero attached hydrogens (tertiary/aromatic N) is 6. The van der Waals surface area contributed by atoms with Crippen LogP contribution in [0, 0.1) is 0 Å². The van der Waals surface area contributed by atoms with Gasteiger partial charge in [-0.25, -0.2) is 4.68 Å². The number of hydrogen-bond acceptors (Lipinski definition) is 6. The summed E-state index contributed by atoms with van der Waals surface area (Å²) in [5.74, 6) is -0.201. The fourth-order valence-corrected chi connectivity index (χ4v) is 4.19. The number of amides is 2. The summed E-state index contributed by atoms with van der Waals surface area (Å²) >= 11 is 0. The van der Waals surface area contributed by atoms with E-state index in [2.05, 4.69) is 39.8 Å². The molecule has 1 aliphatic rings. The van der Waals surface area contributed by atoms with E-state index in [1.54, 1.807) is 19.0 Å². The van der Waals surface area contributed by atoms with Gasteiger partial charge in [0, 0.05) is 33.5 Å². The highest BCUT2D eigenvalue weighted by molar-refractivity contribution is 5.87. The number of hydrogen-bond donors (Lipinski definition) is 0. The molecule has 0 bridgehead atoms. The predicted molar refractivity (Wildman–Crippen MR) is 122 cm³/mol. The number of ether oxygens (including phenoxy) is 1. The quantitative estimate of drug-likeness (QED) is 0.546. The number of aryl methyl sites for hydroxylation is 1. The second-order valence-corrected chi connectivity index (χ2v) is 8.42. The summed E-state index contributed by atoms with van der Waals surface area (Å²) in [7, 11) is 3.43. The zero-order chi connectivity index (χ0) is 23.3. The fourth-order valence-electron chi connectivity index (χ4n) is 4.19. The van der Waals surface area contributed by atoms with Gasteiger partial charge < -0.3 is 14.5 Å². The van der Waals surface area contributed by atoms with Crippen LogP contribution >= 0.6 is 0 Å². The van der Waals surface area contributed by atoms with E-state index in [9.17, 15) is 9.59 Å². The van der Waals surface area contributed by atoms with Gasteiger partial charge in [0.1, 0.15) is 6.33 Å². The lowest BCUT2D eigenvalue weighted by molar-refractivity contribution is -0.172. The van der Waals surface area contributed by atoms with Crippen molar-refractivity contribution >= 4 is 11.8 Å². The molecular formula is C24H28N6O3. The molecule has 9 nitrogen and oxygen atoms in total. The molecule has 1 fully saturated rings. The van der Waals surface area contributed by atoms with Crippen molar-refractivity contribution in [2.45, 2.75) is 25.0 Å². The van der Waals surface area contributed by atoms with E-state index in [0.717, 1.165) is 16.7 Å². The van der Waals surface area contributed by atoms with E-state index in [-0.39, 0.29) is 24.8 Å².